The monoisotopic (exact) mass is 340 g/mol. The summed E-state index contributed by atoms with van der Waals surface area (Å²) in [6, 6.07) is 7.85. The van der Waals surface area contributed by atoms with Crippen molar-refractivity contribution in [1.82, 2.24) is 10.6 Å². The van der Waals surface area contributed by atoms with Crippen LogP contribution in [0, 0.1) is 0 Å². The summed E-state index contributed by atoms with van der Waals surface area (Å²) in [4.78, 5) is 12.0. The smallest absolute Gasteiger partial charge is 0.237 e. The van der Waals surface area contributed by atoms with Gasteiger partial charge in [0.2, 0.25) is 5.91 Å². The normalized spacial score (nSPS) is 22.8. The van der Waals surface area contributed by atoms with E-state index in [0.717, 1.165) is 4.47 Å². The lowest BCUT2D eigenvalue weighted by Crippen LogP contribution is -2.45. The molecular formula is C15H21BrN2O2. The fourth-order valence-electron chi connectivity index (χ4n) is 2.36. The third-order valence-corrected chi connectivity index (χ3v) is 4.23. The highest BCUT2D eigenvalue weighted by atomic mass is 79.9. The first-order valence-electron chi connectivity index (χ1n) is 6.84. The van der Waals surface area contributed by atoms with Gasteiger partial charge in [-0.3, -0.25) is 4.79 Å². The molecule has 0 aromatic heterocycles. The Morgan fingerprint density at radius 1 is 1.55 bits per heavy atom. The second-order valence-electron chi connectivity index (χ2n) is 5.96. The summed E-state index contributed by atoms with van der Waals surface area (Å²) in [6.45, 7) is 5.27. The Bertz CT molecular complexity index is 491. The molecule has 5 heteroatoms. The molecule has 2 unspecified atom stereocenters. The van der Waals surface area contributed by atoms with Crippen LogP contribution >= 0.6 is 15.9 Å². The highest BCUT2D eigenvalue weighted by Gasteiger charge is 2.29. The standard InChI is InChI=1S/C15H21BrN2O2/c1-15(2,10-4-3-5-11(16)6-10)9-18-14(20)13-7-12(19)8-17-13/h3-6,12-13,17,19H,7-9H2,1-2H3,(H,18,20). The Kier molecular flexibility index (Phi) is 4.83. The van der Waals surface area contributed by atoms with Gasteiger partial charge in [0, 0.05) is 23.0 Å². The molecule has 0 spiro atoms. The summed E-state index contributed by atoms with van der Waals surface area (Å²) in [5.74, 6) is -0.0374. The van der Waals surface area contributed by atoms with E-state index in [-0.39, 0.29) is 17.4 Å². The fourth-order valence-corrected chi connectivity index (χ4v) is 2.76. The Labute approximate surface area is 128 Å². The molecule has 1 fully saturated rings. The van der Waals surface area contributed by atoms with Gasteiger partial charge in [-0.1, -0.05) is 41.9 Å². The molecule has 1 aliphatic heterocycles. The molecule has 0 bridgehead atoms. The van der Waals surface area contributed by atoms with E-state index in [1.54, 1.807) is 0 Å². The minimum Gasteiger partial charge on any atom is -0.392 e. The molecule has 1 heterocycles. The van der Waals surface area contributed by atoms with Crippen molar-refractivity contribution in [2.45, 2.75) is 37.8 Å². The first-order chi connectivity index (χ1) is 9.38. The van der Waals surface area contributed by atoms with E-state index in [0.29, 0.717) is 19.5 Å². The van der Waals surface area contributed by atoms with Crippen molar-refractivity contribution >= 4 is 21.8 Å². The first kappa shape index (κ1) is 15.5. The van der Waals surface area contributed by atoms with Crippen molar-refractivity contribution in [3.63, 3.8) is 0 Å². The average Bonchev–Trinajstić information content (AvgIpc) is 2.83. The van der Waals surface area contributed by atoms with Gasteiger partial charge in [-0.15, -0.1) is 0 Å². The minimum atomic E-state index is -0.413. The van der Waals surface area contributed by atoms with Crippen LogP contribution in [-0.4, -0.2) is 36.2 Å². The van der Waals surface area contributed by atoms with Crippen LogP contribution in [0.25, 0.3) is 0 Å². The molecule has 4 nitrogen and oxygen atoms in total. The molecule has 0 saturated carbocycles. The van der Waals surface area contributed by atoms with Crippen molar-refractivity contribution in [2.75, 3.05) is 13.1 Å². The molecule has 1 saturated heterocycles. The fraction of sp³-hybridized carbons (Fsp3) is 0.533. The van der Waals surface area contributed by atoms with Crippen LogP contribution in [-0.2, 0) is 10.2 Å². The first-order valence-corrected chi connectivity index (χ1v) is 7.63. The molecule has 110 valence electrons. The number of hydrogen-bond donors (Lipinski definition) is 3. The van der Waals surface area contributed by atoms with Crippen LogP contribution in [0.1, 0.15) is 25.8 Å². The van der Waals surface area contributed by atoms with Crippen LogP contribution < -0.4 is 10.6 Å². The van der Waals surface area contributed by atoms with E-state index < -0.39 is 6.10 Å². The van der Waals surface area contributed by atoms with E-state index in [4.69, 9.17) is 0 Å². The Morgan fingerprint density at radius 3 is 2.90 bits per heavy atom. The minimum absolute atomic E-state index is 0.0374. The summed E-state index contributed by atoms with van der Waals surface area (Å²) >= 11 is 3.47. The van der Waals surface area contributed by atoms with Crippen LogP contribution in [0.2, 0.25) is 0 Å². The number of aliphatic hydroxyl groups excluding tert-OH is 1. The van der Waals surface area contributed by atoms with Crippen molar-refractivity contribution in [3.05, 3.63) is 34.3 Å². The summed E-state index contributed by atoms with van der Waals surface area (Å²) in [7, 11) is 0. The molecule has 20 heavy (non-hydrogen) atoms. The third-order valence-electron chi connectivity index (χ3n) is 3.73. The Balaban J connectivity index is 1.93. The van der Waals surface area contributed by atoms with Gasteiger partial charge in [0.25, 0.3) is 0 Å². The predicted molar refractivity (Wildman–Crippen MR) is 82.6 cm³/mol. The second-order valence-corrected chi connectivity index (χ2v) is 6.88. The van der Waals surface area contributed by atoms with Crippen molar-refractivity contribution < 1.29 is 9.90 Å². The zero-order chi connectivity index (χ0) is 14.8. The maximum atomic E-state index is 12.0. The number of halogens is 1. The topological polar surface area (TPSA) is 61.4 Å². The van der Waals surface area contributed by atoms with Gasteiger partial charge in [-0.2, -0.15) is 0 Å². The van der Waals surface area contributed by atoms with Crippen LogP contribution in [0.15, 0.2) is 28.7 Å². The lowest BCUT2D eigenvalue weighted by atomic mass is 9.84. The van der Waals surface area contributed by atoms with Gasteiger partial charge in [0.15, 0.2) is 0 Å². The van der Waals surface area contributed by atoms with Gasteiger partial charge in [0.05, 0.1) is 12.1 Å². The van der Waals surface area contributed by atoms with Crippen LogP contribution in [0.5, 0.6) is 0 Å². The second kappa shape index (κ2) is 6.24. The molecular weight excluding hydrogens is 320 g/mol. The SMILES string of the molecule is CC(C)(CNC(=O)C1CC(O)CN1)c1cccc(Br)c1. The van der Waals surface area contributed by atoms with E-state index in [1.807, 2.05) is 12.1 Å². The molecule has 1 aromatic carbocycles. The van der Waals surface area contributed by atoms with Crippen LogP contribution in [0.4, 0.5) is 0 Å². The van der Waals surface area contributed by atoms with Gasteiger partial charge in [-0.05, 0) is 24.1 Å². The molecule has 1 aliphatic rings. The Hall–Kier alpha value is -0.910. The van der Waals surface area contributed by atoms with Crippen LogP contribution in [0.3, 0.4) is 0 Å². The lowest BCUT2D eigenvalue weighted by molar-refractivity contribution is -0.123. The largest absolute Gasteiger partial charge is 0.392 e. The summed E-state index contributed by atoms with van der Waals surface area (Å²) in [5, 5.41) is 15.4. The number of amides is 1. The van der Waals surface area contributed by atoms with E-state index in [9.17, 15) is 9.90 Å². The number of carbonyl (C=O) groups is 1. The third kappa shape index (κ3) is 3.81. The quantitative estimate of drug-likeness (QED) is 0.779. The average molecular weight is 341 g/mol. The summed E-state index contributed by atoms with van der Waals surface area (Å²) in [5.41, 5.74) is 1.03. The van der Waals surface area contributed by atoms with Gasteiger partial charge >= 0.3 is 0 Å². The molecule has 1 aromatic rings. The zero-order valence-corrected chi connectivity index (χ0v) is 13.4. The summed E-state index contributed by atoms with van der Waals surface area (Å²) < 4.78 is 1.04. The van der Waals surface area contributed by atoms with Crippen molar-refractivity contribution in [2.24, 2.45) is 0 Å². The molecule has 1 amide bonds. The number of hydrogen-bond acceptors (Lipinski definition) is 3. The van der Waals surface area contributed by atoms with E-state index in [1.165, 1.54) is 5.56 Å². The van der Waals surface area contributed by atoms with Crippen molar-refractivity contribution in [3.8, 4) is 0 Å². The number of benzene rings is 1. The van der Waals surface area contributed by atoms with Gasteiger partial charge in [-0.25, -0.2) is 0 Å². The van der Waals surface area contributed by atoms with E-state index in [2.05, 4.69) is 52.5 Å². The highest BCUT2D eigenvalue weighted by molar-refractivity contribution is 9.10. The number of rotatable bonds is 4. The molecule has 0 radical (unpaired) electrons. The maximum Gasteiger partial charge on any atom is 0.237 e. The van der Waals surface area contributed by atoms with E-state index >= 15 is 0 Å². The molecule has 2 rings (SSSR count). The maximum absolute atomic E-state index is 12.0. The number of carbonyl (C=O) groups excluding carboxylic acids is 1. The zero-order valence-electron chi connectivity index (χ0n) is 11.8. The van der Waals surface area contributed by atoms with Gasteiger partial charge in [0.1, 0.15) is 0 Å². The molecule has 3 N–H and O–H groups in total. The number of β-amino-alcohol motifs (C(OH)–C–C–N with tert-alkyl or cyclic N) is 1. The van der Waals surface area contributed by atoms with Crippen molar-refractivity contribution in [1.29, 1.82) is 0 Å². The lowest BCUT2D eigenvalue weighted by Gasteiger charge is -2.26. The molecule has 2 atom stereocenters. The number of nitrogens with one attached hydrogen (secondary N) is 2. The highest BCUT2D eigenvalue weighted by Crippen LogP contribution is 2.25. The Morgan fingerprint density at radius 2 is 2.30 bits per heavy atom. The van der Waals surface area contributed by atoms with Gasteiger partial charge < -0.3 is 15.7 Å². The molecule has 0 aliphatic carbocycles. The number of aliphatic hydroxyl groups is 1. The summed E-state index contributed by atoms with van der Waals surface area (Å²) in [6.07, 6.45) is 0.0761. The predicted octanol–water partition coefficient (Wildman–Crippen LogP) is 1.57.